The second kappa shape index (κ2) is 13.4. The first-order valence-corrected chi connectivity index (χ1v) is 12.9. The Morgan fingerprint density at radius 1 is 0.757 bits per heavy atom. The minimum absolute atomic E-state index is 0.154. The average Bonchev–Trinajstić information content (AvgIpc) is 3.73. The third-order valence-corrected chi connectivity index (χ3v) is 6.77. The Morgan fingerprint density at radius 2 is 1.19 bits per heavy atom. The van der Waals surface area contributed by atoms with Gasteiger partial charge in [0.2, 0.25) is 0 Å². The van der Waals surface area contributed by atoms with Crippen LogP contribution in [0.3, 0.4) is 0 Å². The number of aliphatic hydroxyl groups is 1. The van der Waals surface area contributed by atoms with E-state index in [0.717, 1.165) is 37.1 Å². The summed E-state index contributed by atoms with van der Waals surface area (Å²) in [5.74, 6) is 0. The van der Waals surface area contributed by atoms with E-state index < -0.39 is 18.4 Å². The Bertz CT molecular complexity index is 971. The van der Waals surface area contributed by atoms with E-state index in [2.05, 4.69) is 0 Å². The van der Waals surface area contributed by atoms with Gasteiger partial charge in [-0.25, -0.2) is 14.0 Å². The largest absolute Gasteiger partial charge is 0.445 e. The maximum atomic E-state index is 13.3. The number of fused-ring (bicyclic) bond motifs is 1. The van der Waals surface area contributed by atoms with Crippen LogP contribution in [0, 0.1) is 0 Å². The molecule has 37 heavy (non-hydrogen) atoms. The lowest BCUT2D eigenvalue weighted by molar-refractivity contribution is 0.0749. The first-order chi connectivity index (χ1) is 18.0. The lowest BCUT2D eigenvalue weighted by atomic mass is 10.1. The van der Waals surface area contributed by atoms with Crippen LogP contribution in [0.1, 0.15) is 36.8 Å². The summed E-state index contributed by atoms with van der Waals surface area (Å²) >= 11 is 0. The highest BCUT2D eigenvalue weighted by atomic mass is 19.1. The van der Waals surface area contributed by atoms with Crippen LogP contribution in [-0.2, 0) is 27.4 Å². The van der Waals surface area contributed by atoms with Gasteiger partial charge in [-0.1, -0.05) is 60.7 Å². The zero-order valence-corrected chi connectivity index (χ0v) is 20.9. The molecule has 200 valence electrons. The predicted octanol–water partition coefficient (Wildman–Crippen LogP) is 4.30. The molecule has 1 N–H and O–H groups in total. The Morgan fingerprint density at radius 3 is 1.68 bits per heavy atom. The van der Waals surface area contributed by atoms with Crippen molar-refractivity contribution in [2.75, 3.05) is 26.2 Å². The number of hydrogen-bond donors (Lipinski definition) is 1. The number of alkyl halides is 1. The van der Waals surface area contributed by atoms with E-state index in [4.69, 9.17) is 14.2 Å². The Balaban J connectivity index is 0.000000173. The second-order valence-electron chi connectivity index (χ2n) is 9.51. The van der Waals surface area contributed by atoms with Crippen molar-refractivity contribution >= 4 is 12.2 Å². The van der Waals surface area contributed by atoms with Crippen LogP contribution in [0.25, 0.3) is 0 Å². The lowest BCUT2D eigenvalue weighted by Gasteiger charge is -2.20. The molecule has 3 aliphatic heterocycles. The molecule has 4 atom stereocenters. The van der Waals surface area contributed by atoms with Crippen molar-refractivity contribution in [1.29, 1.82) is 0 Å². The van der Waals surface area contributed by atoms with Gasteiger partial charge in [0.25, 0.3) is 0 Å². The van der Waals surface area contributed by atoms with Crippen LogP contribution >= 0.6 is 0 Å². The third-order valence-electron chi connectivity index (χ3n) is 6.77. The van der Waals surface area contributed by atoms with E-state index in [0.29, 0.717) is 25.4 Å². The summed E-state index contributed by atoms with van der Waals surface area (Å²) in [6.45, 7) is 2.65. The normalized spacial score (nSPS) is 24.9. The first-order valence-electron chi connectivity index (χ1n) is 12.9. The number of amides is 2. The van der Waals surface area contributed by atoms with Crippen molar-refractivity contribution < 1.29 is 33.3 Å². The molecule has 2 aromatic rings. The maximum absolute atomic E-state index is 13.3. The molecule has 9 heteroatoms. The van der Waals surface area contributed by atoms with E-state index in [1.807, 2.05) is 60.7 Å². The lowest BCUT2D eigenvalue weighted by Crippen LogP contribution is -2.33. The number of hydrogen-bond acceptors (Lipinski definition) is 6. The van der Waals surface area contributed by atoms with Crippen LogP contribution in [0.5, 0.6) is 0 Å². The minimum Gasteiger partial charge on any atom is -0.445 e. The van der Waals surface area contributed by atoms with Crippen LogP contribution in [0.2, 0.25) is 0 Å². The Labute approximate surface area is 216 Å². The number of benzene rings is 2. The quantitative estimate of drug-likeness (QED) is 0.612. The molecule has 0 spiro atoms. The van der Waals surface area contributed by atoms with Gasteiger partial charge in [0.1, 0.15) is 19.4 Å². The number of halogens is 1. The summed E-state index contributed by atoms with van der Waals surface area (Å²) in [5.41, 5.74) is 1.93. The van der Waals surface area contributed by atoms with Gasteiger partial charge >= 0.3 is 12.2 Å². The van der Waals surface area contributed by atoms with Gasteiger partial charge in [0, 0.05) is 26.2 Å². The van der Waals surface area contributed by atoms with Gasteiger partial charge in [0.05, 0.1) is 18.3 Å². The van der Waals surface area contributed by atoms with Crippen LogP contribution in [0.15, 0.2) is 60.7 Å². The van der Waals surface area contributed by atoms with Crippen molar-refractivity contribution in [2.45, 2.75) is 63.4 Å². The second-order valence-corrected chi connectivity index (χ2v) is 9.51. The zero-order valence-electron chi connectivity index (χ0n) is 20.9. The fourth-order valence-corrected chi connectivity index (χ4v) is 4.40. The van der Waals surface area contributed by atoms with E-state index in [1.165, 1.54) is 4.90 Å². The highest BCUT2D eigenvalue weighted by molar-refractivity contribution is 5.68. The molecule has 0 saturated carbocycles. The van der Waals surface area contributed by atoms with Gasteiger partial charge in [-0.15, -0.1) is 0 Å². The summed E-state index contributed by atoms with van der Waals surface area (Å²) in [6.07, 6.45) is 0.150. The molecule has 3 heterocycles. The van der Waals surface area contributed by atoms with Gasteiger partial charge < -0.3 is 29.1 Å². The summed E-state index contributed by atoms with van der Waals surface area (Å²) in [6, 6.07) is 19.1. The van der Waals surface area contributed by atoms with Crippen LogP contribution < -0.4 is 0 Å². The molecule has 0 aromatic heterocycles. The molecule has 8 nitrogen and oxygen atoms in total. The molecule has 3 saturated heterocycles. The number of epoxide rings is 1. The van der Waals surface area contributed by atoms with Crippen LogP contribution in [0.4, 0.5) is 14.0 Å². The summed E-state index contributed by atoms with van der Waals surface area (Å²) < 4.78 is 29.2. The number of carbonyl (C=O) groups excluding carboxylic acids is 2. The van der Waals surface area contributed by atoms with Crippen molar-refractivity contribution in [3.05, 3.63) is 71.8 Å². The Kier molecular flexibility index (Phi) is 9.73. The fraction of sp³-hybridized carbons (Fsp3) is 0.500. The van der Waals surface area contributed by atoms with Crippen molar-refractivity contribution in [3.63, 3.8) is 0 Å². The molecule has 0 aliphatic carbocycles. The number of aliphatic hydroxyl groups excluding tert-OH is 1. The highest BCUT2D eigenvalue weighted by Gasteiger charge is 2.41. The smallest absolute Gasteiger partial charge is 0.410 e. The first kappa shape index (κ1) is 26.9. The molecule has 3 fully saturated rings. The van der Waals surface area contributed by atoms with Gasteiger partial charge in [-0.2, -0.15) is 0 Å². The monoisotopic (exact) mass is 514 g/mol. The van der Waals surface area contributed by atoms with Crippen molar-refractivity contribution in [1.82, 2.24) is 9.80 Å². The fourth-order valence-electron chi connectivity index (χ4n) is 4.40. The highest BCUT2D eigenvalue weighted by Crippen LogP contribution is 2.31. The molecule has 2 aromatic carbocycles. The third kappa shape index (κ3) is 8.43. The number of nitrogens with zero attached hydrogens (tertiary/aromatic N) is 2. The van der Waals surface area contributed by atoms with Crippen molar-refractivity contribution in [2.24, 2.45) is 0 Å². The number of likely N-dealkylation sites (tertiary alicyclic amines) is 2. The summed E-state index contributed by atoms with van der Waals surface area (Å²) in [7, 11) is 0. The molecule has 5 rings (SSSR count). The van der Waals surface area contributed by atoms with E-state index in [-0.39, 0.29) is 32.1 Å². The van der Waals surface area contributed by atoms with Crippen molar-refractivity contribution in [3.8, 4) is 0 Å². The van der Waals surface area contributed by atoms with Crippen LogP contribution in [-0.4, -0.2) is 77.8 Å². The van der Waals surface area contributed by atoms with Gasteiger partial charge in [-0.3, -0.25) is 0 Å². The zero-order chi connectivity index (χ0) is 26.0. The predicted molar refractivity (Wildman–Crippen MR) is 134 cm³/mol. The van der Waals surface area contributed by atoms with E-state index >= 15 is 0 Å². The van der Waals surface area contributed by atoms with Gasteiger partial charge in [0.15, 0.2) is 0 Å². The molecule has 2 unspecified atom stereocenters. The standard InChI is InChI=1S/C14H18FNO3.C14H17NO3/c15-12-6-8-16(9-7-13(12)17)14(18)19-10-11-4-2-1-3-5-11;16-14(17-10-11-4-2-1-3-5-11)15-8-6-12-13(18-12)7-9-15/h1-5,12-13,17H,6-10H2;1-5,12-13H,6-10H2/t12-,13-;/m0./s1. The summed E-state index contributed by atoms with van der Waals surface area (Å²) in [4.78, 5) is 27.0. The van der Waals surface area contributed by atoms with E-state index in [9.17, 15) is 19.1 Å². The number of ether oxygens (including phenoxy) is 3. The molecular weight excluding hydrogens is 479 g/mol. The average molecular weight is 515 g/mol. The molecule has 0 bridgehead atoms. The Hall–Kier alpha value is -3.17. The molecule has 3 aliphatic rings. The maximum Gasteiger partial charge on any atom is 0.410 e. The molecule has 0 radical (unpaired) electrons. The molecule has 2 amide bonds. The van der Waals surface area contributed by atoms with Gasteiger partial charge in [-0.05, 0) is 36.8 Å². The minimum atomic E-state index is -1.26. The SMILES string of the molecule is O=C(OCc1ccccc1)N1CCC2OC2CC1.O=C(OCc1ccccc1)N1CC[C@H](O)[C@@H](F)CC1. The number of rotatable bonds is 4. The number of carbonyl (C=O) groups is 2. The van der Waals surface area contributed by atoms with E-state index in [1.54, 1.807) is 4.90 Å². The summed E-state index contributed by atoms with van der Waals surface area (Å²) in [5, 5.41) is 9.41. The topological polar surface area (TPSA) is 91.8 Å². The molecular formula is C28H35FN2O6.